The van der Waals surface area contributed by atoms with Gasteiger partial charge in [-0.25, -0.2) is 0 Å². The second-order valence-corrected chi connectivity index (χ2v) is 7.91. The van der Waals surface area contributed by atoms with Gasteiger partial charge in [-0.3, -0.25) is 9.59 Å². The van der Waals surface area contributed by atoms with Crippen molar-refractivity contribution in [1.82, 2.24) is 5.32 Å². The monoisotopic (exact) mass is 414 g/mol. The van der Waals surface area contributed by atoms with E-state index >= 15 is 0 Å². The van der Waals surface area contributed by atoms with Crippen LogP contribution in [-0.2, 0) is 16.1 Å². The van der Waals surface area contributed by atoms with Gasteiger partial charge in [0.15, 0.2) is 0 Å². The maximum atomic E-state index is 12.5. The third kappa shape index (κ3) is 4.33. The van der Waals surface area contributed by atoms with E-state index in [2.05, 4.69) is 47.2 Å². The Morgan fingerprint density at radius 1 is 1.15 bits per heavy atom. The molecule has 0 saturated carbocycles. The Kier molecular flexibility index (Phi) is 5.77. The van der Waals surface area contributed by atoms with E-state index in [4.69, 9.17) is 0 Å². The molecule has 1 aliphatic heterocycles. The van der Waals surface area contributed by atoms with E-state index in [9.17, 15) is 9.59 Å². The normalized spacial score (nSPS) is 17.0. The molecule has 136 valence electrons. The van der Waals surface area contributed by atoms with Crippen molar-refractivity contribution in [3.63, 3.8) is 0 Å². The van der Waals surface area contributed by atoms with Crippen molar-refractivity contribution in [3.8, 4) is 0 Å². The first-order valence-electron chi connectivity index (χ1n) is 8.86. The standard InChI is InChI=1S/C21H23BrN2O2/c1-14(2)16-5-3-15(4-6-16)12-23-21(26)17-11-20(25)24(13-17)19-9-7-18(22)8-10-19/h3-10,14,17H,11-13H2,1-2H3,(H,23,26)/t17-/m1/s1. The van der Waals surface area contributed by atoms with Crippen LogP contribution in [0.15, 0.2) is 53.0 Å². The lowest BCUT2D eigenvalue weighted by Crippen LogP contribution is -2.32. The summed E-state index contributed by atoms with van der Waals surface area (Å²) in [5.41, 5.74) is 3.18. The molecule has 1 N–H and O–H groups in total. The molecule has 1 heterocycles. The van der Waals surface area contributed by atoms with Crippen molar-refractivity contribution in [2.24, 2.45) is 5.92 Å². The van der Waals surface area contributed by atoms with Crippen molar-refractivity contribution in [2.75, 3.05) is 11.4 Å². The number of rotatable bonds is 5. The van der Waals surface area contributed by atoms with Crippen LogP contribution in [0.4, 0.5) is 5.69 Å². The molecule has 4 nitrogen and oxygen atoms in total. The van der Waals surface area contributed by atoms with Crippen LogP contribution in [0.1, 0.15) is 37.3 Å². The first-order chi connectivity index (χ1) is 12.4. The molecule has 3 rings (SSSR count). The van der Waals surface area contributed by atoms with Crippen LogP contribution in [0.5, 0.6) is 0 Å². The Morgan fingerprint density at radius 3 is 2.42 bits per heavy atom. The Bertz CT molecular complexity index is 785. The van der Waals surface area contributed by atoms with Crippen molar-refractivity contribution in [3.05, 3.63) is 64.1 Å². The largest absolute Gasteiger partial charge is 0.352 e. The number of nitrogens with zero attached hydrogens (tertiary/aromatic N) is 1. The summed E-state index contributed by atoms with van der Waals surface area (Å²) < 4.78 is 0.964. The number of nitrogens with one attached hydrogen (secondary N) is 1. The highest BCUT2D eigenvalue weighted by Gasteiger charge is 2.34. The van der Waals surface area contributed by atoms with Gasteiger partial charge in [-0.1, -0.05) is 54.0 Å². The molecule has 0 aromatic heterocycles. The molecule has 26 heavy (non-hydrogen) atoms. The first-order valence-corrected chi connectivity index (χ1v) is 9.66. The van der Waals surface area contributed by atoms with E-state index < -0.39 is 0 Å². The van der Waals surface area contributed by atoms with Gasteiger partial charge >= 0.3 is 0 Å². The maximum Gasteiger partial charge on any atom is 0.227 e. The average Bonchev–Trinajstić information content (AvgIpc) is 3.02. The van der Waals surface area contributed by atoms with E-state index in [0.717, 1.165) is 15.7 Å². The van der Waals surface area contributed by atoms with Crippen LogP contribution in [-0.4, -0.2) is 18.4 Å². The van der Waals surface area contributed by atoms with Gasteiger partial charge in [0.25, 0.3) is 0 Å². The summed E-state index contributed by atoms with van der Waals surface area (Å²) in [6.45, 7) is 5.23. The van der Waals surface area contributed by atoms with Crippen molar-refractivity contribution in [2.45, 2.75) is 32.7 Å². The number of hydrogen-bond donors (Lipinski definition) is 1. The maximum absolute atomic E-state index is 12.5. The third-order valence-corrected chi connectivity index (χ3v) is 5.28. The number of benzene rings is 2. The molecule has 0 spiro atoms. The second kappa shape index (κ2) is 8.04. The molecule has 0 unspecified atom stereocenters. The minimum absolute atomic E-state index is 0.00578. The Labute approximate surface area is 162 Å². The zero-order valence-electron chi connectivity index (χ0n) is 15.0. The molecule has 1 fully saturated rings. The summed E-state index contributed by atoms with van der Waals surface area (Å²) in [4.78, 5) is 26.4. The van der Waals surface area contributed by atoms with Gasteiger partial charge in [0.2, 0.25) is 11.8 Å². The molecule has 2 aromatic rings. The van der Waals surface area contributed by atoms with E-state index in [1.165, 1.54) is 5.56 Å². The SMILES string of the molecule is CC(C)c1ccc(CNC(=O)[C@@H]2CC(=O)N(c3ccc(Br)cc3)C2)cc1. The summed E-state index contributed by atoms with van der Waals surface area (Å²) in [7, 11) is 0. The Balaban J connectivity index is 1.57. The Hall–Kier alpha value is -2.14. The van der Waals surface area contributed by atoms with Crippen molar-refractivity contribution >= 4 is 33.4 Å². The lowest BCUT2D eigenvalue weighted by atomic mass is 10.0. The molecule has 2 amide bonds. The quantitative estimate of drug-likeness (QED) is 0.794. The van der Waals surface area contributed by atoms with Crippen LogP contribution < -0.4 is 10.2 Å². The first kappa shape index (κ1) is 18.6. The summed E-state index contributed by atoms with van der Waals surface area (Å²) >= 11 is 3.39. The lowest BCUT2D eigenvalue weighted by molar-refractivity contribution is -0.126. The van der Waals surface area contributed by atoms with Gasteiger partial charge in [0.1, 0.15) is 0 Å². The summed E-state index contributed by atoms with van der Waals surface area (Å²) in [5.74, 6) is 0.119. The van der Waals surface area contributed by atoms with Crippen molar-refractivity contribution < 1.29 is 9.59 Å². The molecule has 0 bridgehead atoms. The van der Waals surface area contributed by atoms with Gasteiger partial charge in [-0.2, -0.15) is 0 Å². The van der Waals surface area contributed by atoms with Crippen LogP contribution in [0.25, 0.3) is 0 Å². The highest BCUT2D eigenvalue weighted by molar-refractivity contribution is 9.10. The molecule has 0 aliphatic carbocycles. The van der Waals surface area contributed by atoms with Gasteiger partial charge in [-0.15, -0.1) is 0 Å². The highest BCUT2D eigenvalue weighted by Crippen LogP contribution is 2.26. The van der Waals surface area contributed by atoms with E-state index in [1.807, 2.05) is 36.4 Å². The van der Waals surface area contributed by atoms with E-state index in [-0.39, 0.29) is 24.2 Å². The fraction of sp³-hybridized carbons (Fsp3) is 0.333. The topological polar surface area (TPSA) is 49.4 Å². The van der Waals surface area contributed by atoms with E-state index in [1.54, 1.807) is 4.90 Å². The predicted molar refractivity (Wildman–Crippen MR) is 107 cm³/mol. The Morgan fingerprint density at radius 2 is 1.81 bits per heavy atom. The van der Waals surface area contributed by atoms with Crippen LogP contribution in [0, 0.1) is 5.92 Å². The average molecular weight is 415 g/mol. The zero-order chi connectivity index (χ0) is 18.7. The van der Waals surface area contributed by atoms with Crippen molar-refractivity contribution in [1.29, 1.82) is 0 Å². The molecular weight excluding hydrogens is 392 g/mol. The number of halogens is 1. The predicted octanol–water partition coefficient (Wildman–Crippen LogP) is 4.24. The molecular formula is C21H23BrN2O2. The third-order valence-electron chi connectivity index (χ3n) is 4.75. The van der Waals surface area contributed by atoms with Crippen LogP contribution in [0.2, 0.25) is 0 Å². The second-order valence-electron chi connectivity index (χ2n) is 7.00. The number of carbonyl (C=O) groups excluding carboxylic acids is 2. The molecule has 1 saturated heterocycles. The van der Waals surface area contributed by atoms with Crippen LogP contribution >= 0.6 is 15.9 Å². The molecule has 1 atom stereocenters. The zero-order valence-corrected chi connectivity index (χ0v) is 16.6. The molecule has 0 radical (unpaired) electrons. The van der Waals surface area contributed by atoms with Gasteiger partial charge in [0, 0.05) is 29.7 Å². The van der Waals surface area contributed by atoms with Gasteiger partial charge < -0.3 is 10.2 Å². The minimum atomic E-state index is -0.305. The smallest absolute Gasteiger partial charge is 0.227 e. The number of hydrogen-bond acceptors (Lipinski definition) is 2. The summed E-state index contributed by atoms with van der Waals surface area (Å²) in [6.07, 6.45) is 0.258. The number of anilines is 1. The van der Waals surface area contributed by atoms with E-state index in [0.29, 0.717) is 19.0 Å². The minimum Gasteiger partial charge on any atom is -0.352 e. The number of amides is 2. The highest BCUT2D eigenvalue weighted by atomic mass is 79.9. The summed E-state index contributed by atoms with van der Waals surface area (Å²) in [5, 5.41) is 2.97. The summed E-state index contributed by atoms with van der Waals surface area (Å²) in [6, 6.07) is 15.9. The lowest BCUT2D eigenvalue weighted by Gasteiger charge is -2.17. The molecule has 2 aromatic carbocycles. The molecule has 5 heteroatoms. The van der Waals surface area contributed by atoms with Gasteiger partial charge in [0.05, 0.1) is 5.92 Å². The fourth-order valence-electron chi connectivity index (χ4n) is 3.11. The van der Waals surface area contributed by atoms with Crippen LogP contribution in [0.3, 0.4) is 0 Å². The van der Waals surface area contributed by atoms with Gasteiger partial charge in [-0.05, 0) is 41.3 Å². The molecule has 1 aliphatic rings. The fourth-order valence-corrected chi connectivity index (χ4v) is 3.37. The number of carbonyl (C=O) groups is 2.